The van der Waals surface area contributed by atoms with Crippen molar-refractivity contribution in [3.8, 4) is 11.5 Å². The van der Waals surface area contributed by atoms with Crippen molar-refractivity contribution >= 4 is 11.9 Å². The van der Waals surface area contributed by atoms with E-state index in [-0.39, 0.29) is 18.0 Å². The predicted molar refractivity (Wildman–Crippen MR) is 183 cm³/mol. The molecule has 1 unspecified atom stereocenters. The zero-order valence-electron chi connectivity index (χ0n) is 29.5. The number of unbranched alkanes of at least 4 members (excludes halogenated alkanes) is 6. The van der Waals surface area contributed by atoms with Crippen LogP contribution in [0, 0.1) is 13.8 Å². The highest BCUT2D eigenvalue weighted by Gasteiger charge is 2.23. The molecule has 0 aliphatic heterocycles. The van der Waals surface area contributed by atoms with E-state index >= 15 is 0 Å². The first-order valence-corrected chi connectivity index (χ1v) is 16.8. The molecule has 0 aromatic heterocycles. The van der Waals surface area contributed by atoms with E-state index < -0.39 is 0 Å². The van der Waals surface area contributed by atoms with Crippen LogP contribution in [0.1, 0.15) is 120 Å². The molecular formula is C38H61N2O4+. The van der Waals surface area contributed by atoms with Gasteiger partial charge in [-0.1, -0.05) is 84.1 Å². The number of likely N-dealkylation sites (N-methyl/N-ethyl adjacent to an activating group) is 1. The summed E-state index contributed by atoms with van der Waals surface area (Å²) in [6, 6.07) is 12.4. The Morgan fingerprint density at radius 2 is 1.36 bits per heavy atom. The van der Waals surface area contributed by atoms with E-state index in [1.54, 1.807) is 0 Å². The number of nitrogens with zero attached hydrogens (tertiary/aromatic N) is 2. The molecule has 246 valence electrons. The average molecular weight is 610 g/mol. The van der Waals surface area contributed by atoms with E-state index in [2.05, 4.69) is 64.9 Å². The average Bonchev–Trinajstić information content (AvgIpc) is 2.91. The summed E-state index contributed by atoms with van der Waals surface area (Å²) >= 11 is 0. The van der Waals surface area contributed by atoms with Gasteiger partial charge in [0.25, 0.3) is 0 Å². The number of ether oxygens (including phenoxy) is 2. The van der Waals surface area contributed by atoms with E-state index in [0.29, 0.717) is 40.8 Å². The van der Waals surface area contributed by atoms with Crippen LogP contribution in [0.5, 0.6) is 11.5 Å². The first-order chi connectivity index (χ1) is 20.7. The summed E-state index contributed by atoms with van der Waals surface area (Å²) in [7, 11) is 8.32. The molecule has 0 bridgehead atoms. The molecule has 0 aliphatic rings. The van der Waals surface area contributed by atoms with Crippen LogP contribution in [-0.2, 0) is 9.59 Å². The summed E-state index contributed by atoms with van der Waals surface area (Å²) in [5, 5.41) is 0. The smallest absolute Gasteiger partial charge is 0.367 e. The molecule has 0 N–H and O–H groups in total. The Labute approximate surface area is 268 Å². The van der Waals surface area contributed by atoms with Crippen molar-refractivity contribution in [2.45, 2.75) is 117 Å². The van der Waals surface area contributed by atoms with E-state index in [1.165, 1.54) is 37.7 Å². The minimum Gasteiger partial charge on any atom is -0.426 e. The maximum absolute atomic E-state index is 12.8. The van der Waals surface area contributed by atoms with Gasteiger partial charge in [0.1, 0.15) is 11.5 Å². The number of esters is 2. The number of rotatable bonds is 19. The lowest BCUT2D eigenvalue weighted by atomic mass is 10.0. The van der Waals surface area contributed by atoms with Crippen LogP contribution in [-0.4, -0.2) is 68.6 Å². The van der Waals surface area contributed by atoms with Gasteiger partial charge in [0, 0.05) is 6.04 Å². The van der Waals surface area contributed by atoms with Crippen molar-refractivity contribution in [3.05, 3.63) is 58.7 Å². The highest BCUT2D eigenvalue weighted by atomic mass is 16.5. The monoisotopic (exact) mass is 609 g/mol. The molecule has 0 radical (unpaired) electrons. The van der Waals surface area contributed by atoms with E-state index in [4.69, 9.17) is 9.47 Å². The number of carbonyl (C=O) groups is 2. The Kier molecular flexibility index (Phi) is 15.6. The van der Waals surface area contributed by atoms with Crippen LogP contribution in [0.15, 0.2) is 36.4 Å². The molecule has 0 fully saturated rings. The largest absolute Gasteiger partial charge is 0.426 e. The Morgan fingerprint density at radius 1 is 0.750 bits per heavy atom. The maximum atomic E-state index is 12.8. The molecule has 0 heterocycles. The van der Waals surface area contributed by atoms with Gasteiger partial charge in [-0.3, -0.25) is 4.79 Å². The number of aryl methyl sites for hydroxylation is 2. The van der Waals surface area contributed by atoms with Gasteiger partial charge in [-0.2, -0.15) is 0 Å². The fourth-order valence-electron chi connectivity index (χ4n) is 5.58. The molecule has 0 saturated carbocycles. The van der Waals surface area contributed by atoms with Gasteiger partial charge in [-0.15, -0.1) is 0 Å². The van der Waals surface area contributed by atoms with Crippen LogP contribution < -0.4 is 9.47 Å². The second-order valence-corrected chi connectivity index (χ2v) is 14.2. The Balaban J connectivity index is 1.64. The lowest BCUT2D eigenvalue weighted by Gasteiger charge is -2.28. The van der Waals surface area contributed by atoms with Gasteiger partial charge in [0.15, 0.2) is 6.54 Å². The maximum Gasteiger partial charge on any atom is 0.367 e. The highest BCUT2D eigenvalue weighted by Crippen LogP contribution is 2.28. The van der Waals surface area contributed by atoms with Crippen molar-refractivity contribution < 1.29 is 23.5 Å². The number of benzene rings is 2. The van der Waals surface area contributed by atoms with Crippen LogP contribution in [0.25, 0.3) is 0 Å². The fraction of sp³-hybridized carbons (Fsp3) is 0.632. The van der Waals surface area contributed by atoms with E-state index in [0.717, 1.165) is 42.5 Å². The first-order valence-electron chi connectivity index (χ1n) is 16.8. The Bertz CT molecular complexity index is 1190. The van der Waals surface area contributed by atoms with Crippen molar-refractivity contribution in [2.24, 2.45) is 0 Å². The summed E-state index contributed by atoms with van der Waals surface area (Å²) in [6.45, 7) is 13.9. The van der Waals surface area contributed by atoms with Crippen molar-refractivity contribution in [1.82, 2.24) is 4.90 Å². The minimum absolute atomic E-state index is 0.155. The summed E-state index contributed by atoms with van der Waals surface area (Å²) in [4.78, 5) is 27.7. The van der Waals surface area contributed by atoms with Crippen LogP contribution >= 0.6 is 0 Å². The molecule has 0 spiro atoms. The molecule has 0 amide bonds. The van der Waals surface area contributed by atoms with Crippen molar-refractivity contribution in [3.63, 3.8) is 0 Å². The molecule has 0 aliphatic carbocycles. The highest BCUT2D eigenvalue weighted by molar-refractivity contribution is 5.74. The van der Waals surface area contributed by atoms with Gasteiger partial charge in [0.05, 0.1) is 27.1 Å². The van der Waals surface area contributed by atoms with Gasteiger partial charge in [0.2, 0.25) is 0 Å². The third kappa shape index (κ3) is 13.5. The van der Waals surface area contributed by atoms with Crippen LogP contribution in [0.3, 0.4) is 0 Å². The van der Waals surface area contributed by atoms with Gasteiger partial charge >= 0.3 is 11.9 Å². The molecular weight excluding hydrogens is 548 g/mol. The molecule has 2 aromatic rings. The fourth-order valence-corrected chi connectivity index (χ4v) is 5.58. The van der Waals surface area contributed by atoms with Crippen LogP contribution in [0.2, 0.25) is 0 Å². The zero-order valence-corrected chi connectivity index (χ0v) is 29.5. The van der Waals surface area contributed by atoms with Crippen molar-refractivity contribution in [2.75, 3.05) is 41.3 Å². The second kappa shape index (κ2) is 18.3. The zero-order chi connectivity index (χ0) is 32.9. The minimum atomic E-state index is -0.165. The molecule has 1 atom stereocenters. The van der Waals surface area contributed by atoms with E-state index in [9.17, 15) is 9.59 Å². The molecule has 2 aromatic carbocycles. The van der Waals surface area contributed by atoms with Crippen LogP contribution in [0.4, 0.5) is 0 Å². The summed E-state index contributed by atoms with van der Waals surface area (Å²) in [6.07, 6.45) is 9.63. The molecule has 6 nitrogen and oxygen atoms in total. The third-order valence-corrected chi connectivity index (χ3v) is 8.61. The second-order valence-electron chi connectivity index (χ2n) is 14.2. The third-order valence-electron chi connectivity index (χ3n) is 8.61. The van der Waals surface area contributed by atoms with Gasteiger partial charge < -0.3 is 18.9 Å². The summed E-state index contributed by atoms with van der Waals surface area (Å²) < 4.78 is 12.3. The number of carbonyl (C=O) groups excluding carboxylic acids is 2. The predicted octanol–water partition coefficient (Wildman–Crippen LogP) is 8.58. The van der Waals surface area contributed by atoms with Crippen molar-refractivity contribution in [1.29, 1.82) is 0 Å². The Morgan fingerprint density at radius 3 is 1.98 bits per heavy atom. The number of hydrogen-bond donors (Lipinski definition) is 0. The lowest BCUT2D eigenvalue weighted by Crippen LogP contribution is -2.45. The summed E-state index contributed by atoms with van der Waals surface area (Å²) in [5.41, 5.74) is 4.35. The lowest BCUT2D eigenvalue weighted by molar-refractivity contribution is -0.883. The Hall–Kier alpha value is -2.70. The standard InChI is InChI=1S/C38H61N2O4/c1-28(2)32-21-20-31(6)35(25-32)43-37(41)26-33(39(7)8)18-16-14-12-11-13-15-17-23-40(9,10)27-38(42)44-36-24-30(5)19-22-34(36)29(3)4/h19-22,24-25,28-29,33H,11-18,23,26-27H2,1-10H3/q+1. The topological polar surface area (TPSA) is 55.8 Å². The molecule has 2 rings (SSSR count). The first kappa shape index (κ1) is 37.5. The van der Waals surface area contributed by atoms with E-state index in [1.807, 2.05) is 46.1 Å². The molecule has 44 heavy (non-hydrogen) atoms. The number of quaternary nitrogens is 1. The quantitative estimate of drug-likeness (QED) is 0.0691. The SMILES string of the molecule is Cc1ccc(C(C)C)c(OC(=O)C[N+](C)(C)CCCCCCCCCC(CC(=O)Oc2cc(C(C)C)ccc2C)N(C)C)c1. The molecule has 0 saturated heterocycles. The molecule has 6 heteroatoms. The van der Waals surface area contributed by atoms with Gasteiger partial charge in [-0.25, -0.2) is 4.79 Å². The normalized spacial score (nSPS) is 12.7. The van der Waals surface area contributed by atoms with Gasteiger partial charge in [-0.05, 0) is 93.4 Å². The summed E-state index contributed by atoms with van der Waals surface area (Å²) in [5.74, 6) is 1.77. The number of hydrogen-bond acceptors (Lipinski definition) is 5.